The van der Waals surface area contributed by atoms with Gasteiger partial charge in [-0.15, -0.1) is 4.40 Å². The van der Waals surface area contributed by atoms with Crippen LogP contribution in [0.1, 0.15) is 58.3 Å². The molecule has 1 aromatic carbocycles. The second-order valence-electron chi connectivity index (χ2n) is 6.79. The SMILES string of the molecule is CCCCCC1CCC(C2=NS(=O)(=O)c3ccccc3N2)CC1. The fourth-order valence-corrected chi connectivity index (χ4v) is 4.92. The molecular weight excluding hydrogens is 308 g/mol. The Labute approximate surface area is 139 Å². The lowest BCUT2D eigenvalue weighted by atomic mass is 9.79. The fourth-order valence-electron chi connectivity index (χ4n) is 3.72. The van der Waals surface area contributed by atoms with Crippen molar-refractivity contribution in [2.45, 2.75) is 63.2 Å². The Morgan fingerprint density at radius 1 is 1.13 bits per heavy atom. The predicted molar refractivity (Wildman–Crippen MR) is 94.3 cm³/mol. The van der Waals surface area contributed by atoms with E-state index in [1.165, 1.54) is 38.5 Å². The molecule has 23 heavy (non-hydrogen) atoms. The molecule has 0 spiro atoms. The third kappa shape index (κ3) is 3.77. The first-order valence-electron chi connectivity index (χ1n) is 8.81. The molecule has 1 fully saturated rings. The molecule has 0 amide bonds. The van der Waals surface area contributed by atoms with E-state index in [1.54, 1.807) is 12.1 Å². The molecular formula is C18H26N2O2S. The second kappa shape index (κ2) is 7.04. The van der Waals surface area contributed by atoms with E-state index in [0.717, 1.165) is 18.8 Å². The van der Waals surface area contributed by atoms with Gasteiger partial charge in [0.25, 0.3) is 10.0 Å². The monoisotopic (exact) mass is 334 g/mol. The van der Waals surface area contributed by atoms with Crippen LogP contribution in [0, 0.1) is 11.8 Å². The molecule has 1 heterocycles. The summed E-state index contributed by atoms with van der Waals surface area (Å²) in [5, 5.41) is 3.26. The first-order valence-corrected chi connectivity index (χ1v) is 10.2. The van der Waals surface area contributed by atoms with Crippen LogP contribution in [0.5, 0.6) is 0 Å². The summed E-state index contributed by atoms with van der Waals surface area (Å²) in [7, 11) is -3.55. The van der Waals surface area contributed by atoms with Crippen LogP contribution in [0.4, 0.5) is 5.69 Å². The van der Waals surface area contributed by atoms with Crippen molar-refractivity contribution < 1.29 is 8.42 Å². The Kier molecular flexibility index (Phi) is 5.05. The number of amidine groups is 1. The summed E-state index contributed by atoms with van der Waals surface area (Å²) >= 11 is 0. The maximum absolute atomic E-state index is 12.3. The number of anilines is 1. The van der Waals surface area contributed by atoms with Crippen LogP contribution in [0.3, 0.4) is 0 Å². The number of hydrogen-bond donors (Lipinski definition) is 1. The Morgan fingerprint density at radius 3 is 2.61 bits per heavy atom. The molecule has 4 nitrogen and oxygen atoms in total. The highest BCUT2D eigenvalue weighted by Gasteiger charge is 2.31. The summed E-state index contributed by atoms with van der Waals surface area (Å²) in [5.41, 5.74) is 0.669. The number of unbranched alkanes of at least 4 members (excludes halogenated alkanes) is 2. The van der Waals surface area contributed by atoms with Crippen LogP contribution >= 0.6 is 0 Å². The minimum Gasteiger partial charge on any atom is -0.342 e. The van der Waals surface area contributed by atoms with Crippen LogP contribution in [0.25, 0.3) is 0 Å². The molecule has 1 aliphatic heterocycles. The van der Waals surface area contributed by atoms with Gasteiger partial charge in [0.2, 0.25) is 0 Å². The van der Waals surface area contributed by atoms with Crippen molar-refractivity contribution in [2.24, 2.45) is 16.2 Å². The van der Waals surface area contributed by atoms with E-state index in [-0.39, 0.29) is 10.8 Å². The summed E-state index contributed by atoms with van der Waals surface area (Å²) in [6.45, 7) is 2.24. The van der Waals surface area contributed by atoms with Crippen molar-refractivity contribution in [1.82, 2.24) is 0 Å². The average Bonchev–Trinajstić information content (AvgIpc) is 2.55. The molecule has 0 bridgehead atoms. The maximum atomic E-state index is 12.3. The van der Waals surface area contributed by atoms with Crippen LogP contribution in [-0.2, 0) is 10.0 Å². The summed E-state index contributed by atoms with van der Waals surface area (Å²) in [4.78, 5) is 0.289. The molecule has 0 saturated heterocycles. The Hall–Kier alpha value is -1.36. The Balaban J connectivity index is 1.65. The Bertz CT molecular complexity index is 674. The highest BCUT2D eigenvalue weighted by Crippen LogP contribution is 2.36. The smallest absolute Gasteiger partial charge is 0.286 e. The molecule has 2 aliphatic rings. The van der Waals surface area contributed by atoms with E-state index in [1.807, 2.05) is 12.1 Å². The minimum atomic E-state index is -3.55. The maximum Gasteiger partial charge on any atom is 0.286 e. The van der Waals surface area contributed by atoms with E-state index >= 15 is 0 Å². The second-order valence-corrected chi connectivity index (χ2v) is 8.36. The van der Waals surface area contributed by atoms with Crippen LogP contribution in [-0.4, -0.2) is 14.3 Å². The average molecular weight is 334 g/mol. The molecule has 5 heteroatoms. The number of rotatable bonds is 5. The number of sulfonamides is 1. The van der Waals surface area contributed by atoms with Crippen molar-refractivity contribution in [3.63, 3.8) is 0 Å². The van der Waals surface area contributed by atoms with Crippen LogP contribution in [0.2, 0.25) is 0 Å². The molecule has 0 atom stereocenters. The van der Waals surface area contributed by atoms with Crippen LogP contribution in [0.15, 0.2) is 33.6 Å². The highest BCUT2D eigenvalue weighted by atomic mass is 32.2. The molecule has 1 saturated carbocycles. The van der Waals surface area contributed by atoms with Gasteiger partial charge in [-0.3, -0.25) is 0 Å². The van der Waals surface area contributed by atoms with Gasteiger partial charge in [-0.1, -0.05) is 44.7 Å². The quantitative estimate of drug-likeness (QED) is 0.801. The number of nitrogens with zero attached hydrogens (tertiary/aromatic N) is 1. The van der Waals surface area contributed by atoms with Crippen molar-refractivity contribution in [3.05, 3.63) is 24.3 Å². The third-order valence-corrected chi connectivity index (χ3v) is 6.44. The molecule has 0 unspecified atom stereocenters. The molecule has 1 aliphatic carbocycles. The van der Waals surface area contributed by atoms with Gasteiger partial charge >= 0.3 is 0 Å². The first-order chi connectivity index (χ1) is 11.1. The molecule has 1 N–H and O–H groups in total. The molecule has 126 valence electrons. The first kappa shape index (κ1) is 16.5. The highest BCUT2D eigenvalue weighted by molar-refractivity contribution is 7.90. The van der Waals surface area contributed by atoms with Gasteiger partial charge in [-0.2, -0.15) is 8.42 Å². The predicted octanol–water partition coefficient (Wildman–Crippen LogP) is 4.59. The number of para-hydroxylation sites is 1. The van der Waals surface area contributed by atoms with Crippen molar-refractivity contribution >= 4 is 21.5 Å². The van der Waals surface area contributed by atoms with Crippen LogP contribution < -0.4 is 5.32 Å². The van der Waals surface area contributed by atoms with E-state index in [2.05, 4.69) is 16.6 Å². The zero-order valence-electron chi connectivity index (χ0n) is 13.8. The number of nitrogens with one attached hydrogen (secondary N) is 1. The third-order valence-electron chi connectivity index (χ3n) is 5.10. The zero-order valence-corrected chi connectivity index (χ0v) is 14.6. The van der Waals surface area contributed by atoms with E-state index in [0.29, 0.717) is 11.5 Å². The van der Waals surface area contributed by atoms with Crippen molar-refractivity contribution in [1.29, 1.82) is 0 Å². The summed E-state index contributed by atoms with van der Waals surface area (Å²) in [6, 6.07) is 7.02. The van der Waals surface area contributed by atoms with Crippen molar-refractivity contribution in [2.75, 3.05) is 5.32 Å². The van der Waals surface area contributed by atoms with Gasteiger partial charge in [0.05, 0.1) is 5.69 Å². The van der Waals surface area contributed by atoms with Crippen molar-refractivity contribution in [3.8, 4) is 0 Å². The minimum absolute atomic E-state index is 0.251. The summed E-state index contributed by atoms with van der Waals surface area (Å²) in [5.74, 6) is 1.71. The lowest BCUT2D eigenvalue weighted by Crippen LogP contribution is -2.31. The van der Waals surface area contributed by atoms with Gasteiger partial charge < -0.3 is 5.32 Å². The molecule has 3 rings (SSSR count). The van der Waals surface area contributed by atoms with Gasteiger partial charge in [0.15, 0.2) is 0 Å². The zero-order chi connectivity index (χ0) is 16.3. The number of fused-ring (bicyclic) bond motifs is 1. The van der Waals surface area contributed by atoms with E-state index in [9.17, 15) is 8.42 Å². The van der Waals surface area contributed by atoms with E-state index < -0.39 is 10.0 Å². The lowest BCUT2D eigenvalue weighted by molar-refractivity contribution is 0.299. The van der Waals surface area contributed by atoms with E-state index in [4.69, 9.17) is 0 Å². The number of hydrogen-bond acceptors (Lipinski definition) is 3. The van der Waals surface area contributed by atoms with Gasteiger partial charge in [0, 0.05) is 5.92 Å². The molecule has 1 aromatic rings. The van der Waals surface area contributed by atoms with Gasteiger partial charge in [-0.05, 0) is 43.7 Å². The normalized spacial score (nSPS) is 26.0. The molecule has 0 radical (unpaired) electrons. The summed E-state index contributed by atoms with van der Waals surface area (Å²) < 4.78 is 28.7. The fraction of sp³-hybridized carbons (Fsp3) is 0.611. The summed E-state index contributed by atoms with van der Waals surface area (Å²) in [6.07, 6.45) is 9.71. The standard InChI is InChI=1S/C18H26N2O2S/c1-2-3-4-7-14-10-12-15(13-11-14)18-19-16-8-5-6-9-17(16)23(21,22)20-18/h5-6,8-9,14-15H,2-4,7,10-13H2,1H3,(H,19,20). The lowest BCUT2D eigenvalue weighted by Gasteiger charge is -2.31. The molecule has 0 aromatic heterocycles. The topological polar surface area (TPSA) is 58.5 Å². The Morgan fingerprint density at radius 2 is 1.87 bits per heavy atom. The largest absolute Gasteiger partial charge is 0.342 e. The number of benzene rings is 1. The van der Waals surface area contributed by atoms with Gasteiger partial charge in [0.1, 0.15) is 10.7 Å². The van der Waals surface area contributed by atoms with Gasteiger partial charge in [-0.25, -0.2) is 0 Å².